The van der Waals surface area contributed by atoms with Crippen molar-refractivity contribution in [2.45, 2.75) is 32.0 Å². The number of aliphatic hydroxyl groups is 3. The second-order valence-corrected chi connectivity index (χ2v) is 4.01. The van der Waals surface area contributed by atoms with Gasteiger partial charge in [0.05, 0.1) is 6.42 Å². The third-order valence-electron chi connectivity index (χ3n) is 2.39. The van der Waals surface area contributed by atoms with Crippen LogP contribution in [0.2, 0.25) is 0 Å². The number of carbonyl (C=O) groups excluding carboxylic acids is 3. The van der Waals surface area contributed by atoms with Crippen LogP contribution in [0.3, 0.4) is 0 Å². The molecule has 2 unspecified atom stereocenters. The van der Waals surface area contributed by atoms with E-state index >= 15 is 0 Å². The van der Waals surface area contributed by atoms with Crippen LogP contribution in [0.1, 0.15) is 19.8 Å². The molecule has 1 aliphatic heterocycles. The van der Waals surface area contributed by atoms with E-state index in [-0.39, 0.29) is 18.6 Å². The van der Waals surface area contributed by atoms with Crippen molar-refractivity contribution >= 4 is 17.7 Å². The molecule has 19 heavy (non-hydrogen) atoms. The Balaban J connectivity index is 2.40. The average Bonchev–Trinajstić information content (AvgIpc) is 2.61. The maximum Gasteiger partial charge on any atom is 0.377 e. The lowest BCUT2D eigenvalue weighted by atomic mass is 10.2. The standard InChI is InChI=1S/C11H14O8/c1-5(12)2-3-7(14)18-4-6(13)10-8(15)9(16)11(17)19-10/h6,10,13,15-16H,2-4H2,1H3. The highest BCUT2D eigenvalue weighted by atomic mass is 16.6. The predicted octanol–water partition coefficient (Wildman–Crippen LogP) is -0.487. The van der Waals surface area contributed by atoms with Gasteiger partial charge < -0.3 is 29.6 Å². The van der Waals surface area contributed by atoms with Crippen molar-refractivity contribution in [3.05, 3.63) is 11.5 Å². The summed E-state index contributed by atoms with van der Waals surface area (Å²) < 4.78 is 9.11. The Hall–Kier alpha value is -2.09. The Morgan fingerprint density at radius 3 is 2.47 bits per heavy atom. The summed E-state index contributed by atoms with van der Waals surface area (Å²) in [4.78, 5) is 32.7. The van der Waals surface area contributed by atoms with Crippen molar-refractivity contribution in [1.29, 1.82) is 0 Å². The van der Waals surface area contributed by atoms with E-state index in [0.29, 0.717) is 0 Å². The van der Waals surface area contributed by atoms with Crippen LogP contribution in [0, 0.1) is 0 Å². The Morgan fingerprint density at radius 2 is 2.00 bits per heavy atom. The molecule has 0 saturated heterocycles. The molecular formula is C11H14O8. The Kier molecular flexibility index (Phi) is 4.87. The fourth-order valence-electron chi connectivity index (χ4n) is 1.34. The molecule has 0 saturated carbocycles. The van der Waals surface area contributed by atoms with Gasteiger partial charge in [-0.15, -0.1) is 0 Å². The Bertz CT molecular complexity index is 424. The summed E-state index contributed by atoms with van der Waals surface area (Å²) in [5, 5.41) is 27.8. The molecule has 0 spiro atoms. The summed E-state index contributed by atoms with van der Waals surface area (Å²) in [6.07, 6.45) is -3.07. The molecule has 1 rings (SSSR count). The first-order valence-corrected chi connectivity index (χ1v) is 5.49. The van der Waals surface area contributed by atoms with Crippen LogP contribution in [0.15, 0.2) is 11.5 Å². The van der Waals surface area contributed by atoms with Crippen LogP contribution < -0.4 is 0 Å². The number of aliphatic hydroxyl groups excluding tert-OH is 3. The second kappa shape index (κ2) is 6.19. The van der Waals surface area contributed by atoms with Gasteiger partial charge in [0.15, 0.2) is 11.9 Å². The van der Waals surface area contributed by atoms with Crippen LogP contribution in [0.4, 0.5) is 0 Å². The van der Waals surface area contributed by atoms with E-state index in [1.54, 1.807) is 0 Å². The zero-order chi connectivity index (χ0) is 14.6. The van der Waals surface area contributed by atoms with E-state index in [1.807, 2.05) is 0 Å². The van der Waals surface area contributed by atoms with Gasteiger partial charge in [-0.3, -0.25) is 4.79 Å². The van der Waals surface area contributed by atoms with Gasteiger partial charge in [-0.1, -0.05) is 0 Å². The highest BCUT2D eigenvalue weighted by Gasteiger charge is 2.39. The molecule has 0 fully saturated rings. The molecule has 0 aromatic rings. The number of hydrogen-bond acceptors (Lipinski definition) is 8. The van der Waals surface area contributed by atoms with Gasteiger partial charge in [0.1, 0.15) is 18.5 Å². The molecule has 8 heteroatoms. The summed E-state index contributed by atoms with van der Waals surface area (Å²) in [6, 6.07) is 0. The van der Waals surface area contributed by atoms with Crippen molar-refractivity contribution in [3.8, 4) is 0 Å². The molecule has 106 valence electrons. The molecule has 0 radical (unpaired) electrons. The van der Waals surface area contributed by atoms with Gasteiger partial charge in [-0.2, -0.15) is 0 Å². The molecule has 2 atom stereocenters. The molecule has 0 aromatic carbocycles. The average molecular weight is 274 g/mol. The summed E-state index contributed by atoms with van der Waals surface area (Å²) in [6.45, 7) is 0.789. The number of rotatable bonds is 6. The summed E-state index contributed by atoms with van der Waals surface area (Å²) in [5.74, 6) is -3.83. The molecule has 0 amide bonds. The zero-order valence-electron chi connectivity index (χ0n) is 10.2. The maximum absolute atomic E-state index is 11.2. The highest BCUT2D eigenvalue weighted by molar-refractivity contribution is 5.89. The van der Waals surface area contributed by atoms with E-state index in [1.165, 1.54) is 6.92 Å². The molecule has 0 aromatic heterocycles. The fourth-order valence-corrected chi connectivity index (χ4v) is 1.34. The summed E-state index contributed by atoms with van der Waals surface area (Å²) in [5.41, 5.74) is 0. The topological polar surface area (TPSA) is 130 Å². The van der Waals surface area contributed by atoms with Gasteiger partial charge in [0.2, 0.25) is 5.76 Å². The van der Waals surface area contributed by atoms with Crippen molar-refractivity contribution in [2.24, 2.45) is 0 Å². The Labute approximate surface area is 108 Å². The lowest BCUT2D eigenvalue weighted by Gasteiger charge is -2.16. The van der Waals surface area contributed by atoms with Crippen LogP contribution in [-0.4, -0.2) is 51.9 Å². The normalized spacial score (nSPS) is 20.1. The van der Waals surface area contributed by atoms with Gasteiger partial charge in [0.25, 0.3) is 0 Å². The minimum Gasteiger partial charge on any atom is -0.505 e. The van der Waals surface area contributed by atoms with Gasteiger partial charge in [-0.05, 0) is 6.92 Å². The Morgan fingerprint density at radius 1 is 1.37 bits per heavy atom. The fraction of sp³-hybridized carbons (Fsp3) is 0.545. The molecule has 1 heterocycles. The van der Waals surface area contributed by atoms with Gasteiger partial charge in [0, 0.05) is 6.42 Å². The van der Waals surface area contributed by atoms with E-state index in [2.05, 4.69) is 9.47 Å². The monoisotopic (exact) mass is 274 g/mol. The SMILES string of the molecule is CC(=O)CCC(=O)OCC(O)C1OC(=O)C(O)=C1O. The largest absolute Gasteiger partial charge is 0.505 e. The third kappa shape index (κ3) is 3.95. The van der Waals surface area contributed by atoms with Crippen molar-refractivity contribution < 1.29 is 39.2 Å². The number of Topliss-reactive ketones (excluding diaryl/α,β-unsaturated/α-hetero) is 1. The van der Waals surface area contributed by atoms with Gasteiger partial charge in [-0.25, -0.2) is 4.79 Å². The molecule has 0 aliphatic carbocycles. The first-order valence-electron chi connectivity index (χ1n) is 5.49. The van der Waals surface area contributed by atoms with Crippen molar-refractivity contribution in [2.75, 3.05) is 6.61 Å². The van der Waals surface area contributed by atoms with Crippen LogP contribution in [0.5, 0.6) is 0 Å². The smallest absolute Gasteiger partial charge is 0.377 e. The number of cyclic esters (lactones) is 1. The van der Waals surface area contributed by atoms with E-state index in [4.69, 9.17) is 5.11 Å². The quantitative estimate of drug-likeness (QED) is 0.553. The molecule has 3 N–H and O–H groups in total. The number of ketones is 1. The summed E-state index contributed by atoms with van der Waals surface area (Å²) >= 11 is 0. The second-order valence-electron chi connectivity index (χ2n) is 4.01. The minimum atomic E-state index is -1.50. The van der Waals surface area contributed by atoms with E-state index in [0.717, 1.165) is 0 Å². The summed E-state index contributed by atoms with van der Waals surface area (Å²) in [7, 11) is 0. The van der Waals surface area contributed by atoms with Crippen LogP contribution in [-0.2, 0) is 23.9 Å². The first kappa shape index (κ1) is 15.0. The maximum atomic E-state index is 11.2. The zero-order valence-corrected chi connectivity index (χ0v) is 10.2. The first-order chi connectivity index (χ1) is 8.82. The van der Waals surface area contributed by atoms with Crippen LogP contribution in [0.25, 0.3) is 0 Å². The molecule has 1 aliphatic rings. The van der Waals surface area contributed by atoms with Gasteiger partial charge >= 0.3 is 11.9 Å². The highest BCUT2D eigenvalue weighted by Crippen LogP contribution is 2.21. The number of carbonyl (C=O) groups is 3. The molecule has 8 nitrogen and oxygen atoms in total. The lowest BCUT2D eigenvalue weighted by molar-refractivity contribution is -0.155. The minimum absolute atomic E-state index is 0.0271. The predicted molar refractivity (Wildman–Crippen MR) is 59.0 cm³/mol. The van der Waals surface area contributed by atoms with E-state index in [9.17, 15) is 24.6 Å². The van der Waals surface area contributed by atoms with Crippen LogP contribution >= 0.6 is 0 Å². The molecule has 0 bridgehead atoms. The van der Waals surface area contributed by atoms with E-state index < -0.39 is 42.3 Å². The lowest BCUT2D eigenvalue weighted by Crippen LogP contribution is -2.33. The van der Waals surface area contributed by atoms with Crippen molar-refractivity contribution in [1.82, 2.24) is 0 Å². The number of esters is 2. The number of ether oxygens (including phenoxy) is 2. The molecular weight excluding hydrogens is 260 g/mol. The number of hydrogen-bond donors (Lipinski definition) is 3. The third-order valence-corrected chi connectivity index (χ3v) is 2.39. The van der Waals surface area contributed by atoms with Crippen molar-refractivity contribution in [3.63, 3.8) is 0 Å².